The lowest BCUT2D eigenvalue weighted by atomic mass is 10.1. The number of hydrogen-bond acceptors (Lipinski definition) is 4. The third kappa shape index (κ3) is 3.41. The molecule has 1 aliphatic carbocycles. The number of nitrogens with zero attached hydrogens (tertiary/aromatic N) is 5. The summed E-state index contributed by atoms with van der Waals surface area (Å²) in [6.45, 7) is 2.07. The van der Waals surface area contributed by atoms with Crippen LogP contribution in [0.1, 0.15) is 19.3 Å². The first-order valence-corrected chi connectivity index (χ1v) is 11.1. The molecule has 0 unspecified atom stereocenters. The molecule has 1 saturated carbocycles. The number of pyridine rings is 1. The van der Waals surface area contributed by atoms with Gasteiger partial charge in [-0.25, -0.2) is 14.9 Å². The van der Waals surface area contributed by atoms with Crippen molar-refractivity contribution in [1.82, 2.24) is 29.0 Å². The SMILES string of the molecule is O=C(C1CC1)N1CC[C@@H](Cn2c(-c3ccc(-c4cn5ccccc5n4)cc3)n[nH]c2=O)C1. The summed E-state index contributed by atoms with van der Waals surface area (Å²) in [5, 5.41) is 6.88. The van der Waals surface area contributed by atoms with E-state index in [1.165, 1.54) is 0 Å². The van der Waals surface area contributed by atoms with E-state index in [-0.39, 0.29) is 23.4 Å². The zero-order valence-corrected chi connectivity index (χ0v) is 17.6. The van der Waals surface area contributed by atoms with Crippen LogP contribution in [0.2, 0.25) is 0 Å². The smallest absolute Gasteiger partial charge is 0.342 e. The molecule has 1 atom stereocenters. The van der Waals surface area contributed by atoms with E-state index in [9.17, 15) is 9.59 Å². The minimum absolute atomic E-state index is 0.212. The lowest BCUT2D eigenvalue weighted by molar-refractivity contribution is -0.131. The van der Waals surface area contributed by atoms with E-state index in [4.69, 9.17) is 0 Å². The summed E-state index contributed by atoms with van der Waals surface area (Å²) in [5.74, 6) is 1.43. The van der Waals surface area contributed by atoms with Crippen LogP contribution in [0.5, 0.6) is 0 Å². The van der Waals surface area contributed by atoms with E-state index in [1.54, 1.807) is 4.57 Å². The Morgan fingerprint density at radius 3 is 2.66 bits per heavy atom. The van der Waals surface area contributed by atoms with E-state index in [0.717, 1.165) is 54.8 Å². The van der Waals surface area contributed by atoms with Crippen molar-refractivity contribution in [2.75, 3.05) is 13.1 Å². The average Bonchev–Trinajstić information content (AvgIpc) is 3.24. The molecule has 6 rings (SSSR count). The highest BCUT2D eigenvalue weighted by atomic mass is 16.2. The molecule has 32 heavy (non-hydrogen) atoms. The molecule has 162 valence electrons. The van der Waals surface area contributed by atoms with Crippen molar-refractivity contribution in [1.29, 1.82) is 0 Å². The van der Waals surface area contributed by atoms with Crippen molar-refractivity contribution in [3.05, 3.63) is 65.3 Å². The Labute approximate surface area is 184 Å². The number of nitrogens with one attached hydrogen (secondary N) is 1. The summed E-state index contributed by atoms with van der Waals surface area (Å²) >= 11 is 0. The molecule has 1 aromatic carbocycles. The molecule has 8 heteroatoms. The molecule has 2 aliphatic rings. The van der Waals surface area contributed by atoms with Gasteiger partial charge in [0, 0.05) is 49.1 Å². The molecule has 0 spiro atoms. The van der Waals surface area contributed by atoms with Crippen LogP contribution in [0.25, 0.3) is 28.3 Å². The van der Waals surface area contributed by atoms with Gasteiger partial charge in [0.25, 0.3) is 0 Å². The molecule has 1 amide bonds. The highest BCUT2D eigenvalue weighted by Crippen LogP contribution is 2.33. The number of carbonyl (C=O) groups is 1. The van der Waals surface area contributed by atoms with Crippen LogP contribution in [-0.2, 0) is 11.3 Å². The summed E-state index contributed by atoms with van der Waals surface area (Å²) < 4.78 is 3.70. The second-order valence-corrected chi connectivity index (χ2v) is 8.85. The fourth-order valence-corrected chi connectivity index (χ4v) is 4.60. The van der Waals surface area contributed by atoms with Gasteiger partial charge < -0.3 is 9.30 Å². The molecule has 4 heterocycles. The van der Waals surface area contributed by atoms with Crippen LogP contribution in [0.15, 0.2) is 59.7 Å². The molecule has 2 fully saturated rings. The summed E-state index contributed by atoms with van der Waals surface area (Å²) in [5.41, 5.74) is 3.47. The maximum Gasteiger partial charge on any atom is 0.343 e. The first-order valence-electron chi connectivity index (χ1n) is 11.1. The predicted molar refractivity (Wildman–Crippen MR) is 120 cm³/mol. The maximum atomic E-state index is 12.5. The Hall–Kier alpha value is -3.68. The van der Waals surface area contributed by atoms with Crippen LogP contribution < -0.4 is 5.69 Å². The van der Waals surface area contributed by atoms with Crippen LogP contribution in [0, 0.1) is 11.8 Å². The molecular formula is C24H24N6O2. The molecule has 3 aromatic heterocycles. The number of likely N-dealkylation sites (tertiary alicyclic amines) is 1. The third-order valence-corrected chi connectivity index (χ3v) is 6.53. The van der Waals surface area contributed by atoms with Gasteiger partial charge >= 0.3 is 5.69 Å². The van der Waals surface area contributed by atoms with Crippen LogP contribution >= 0.6 is 0 Å². The molecular weight excluding hydrogens is 404 g/mol. The Bertz CT molecular complexity index is 1310. The summed E-state index contributed by atoms with van der Waals surface area (Å²) in [6.07, 6.45) is 6.95. The largest absolute Gasteiger partial charge is 0.343 e. The molecule has 4 aromatic rings. The van der Waals surface area contributed by atoms with Crippen molar-refractivity contribution in [3.8, 4) is 22.6 Å². The number of fused-ring (bicyclic) bond motifs is 1. The van der Waals surface area contributed by atoms with Gasteiger partial charge in [0.05, 0.1) is 5.69 Å². The van der Waals surface area contributed by atoms with Gasteiger partial charge in [-0.15, -0.1) is 0 Å². The number of imidazole rings is 1. The van der Waals surface area contributed by atoms with E-state index >= 15 is 0 Å². The number of hydrogen-bond donors (Lipinski definition) is 1. The summed E-state index contributed by atoms with van der Waals surface area (Å²) in [7, 11) is 0. The maximum absolute atomic E-state index is 12.5. The molecule has 1 saturated heterocycles. The van der Waals surface area contributed by atoms with E-state index in [2.05, 4.69) is 15.2 Å². The van der Waals surface area contributed by atoms with Crippen molar-refractivity contribution >= 4 is 11.6 Å². The van der Waals surface area contributed by atoms with Gasteiger partial charge in [-0.2, -0.15) is 5.10 Å². The molecule has 0 radical (unpaired) electrons. The molecule has 0 bridgehead atoms. The van der Waals surface area contributed by atoms with Gasteiger partial charge in [-0.3, -0.25) is 9.36 Å². The number of carbonyl (C=O) groups excluding carboxylic acids is 1. The number of aromatic amines is 1. The second-order valence-electron chi connectivity index (χ2n) is 8.85. The lowest BCUT2D eigenvalue weighted by Crippen LogP contribution is -2.31. The fraction of sp³-hybridized carbons (Fsp3) is 0.333. The normalized spacial score (nSPS) is 18.5. The zero-order valence-electron chi connectivity index (χ0n) is 17.6. The van der Waals surface area contributed by atoms with Crippen molar-refractivity contribution < 1.29 is 4.79 Å². The highest BCUT2D eigenvalue weighted by Gasteiger charge is 2.36. The Morgan fingerprint density at radius 1 is 1.06 bits per heavy atom. The van der Waals surface area contributed by atoms with Crippen LogP contribution in [0.4, 0.5) is 0 Å². The standard InChI is InChI=1S/C24H24N6O2/c31-23(19-8-9-19)29-12-10-16(13-29)14-30-22(26-27-24(30)32)18-6-4-17(5-7-18)20-15-28-11-2-1-3-21(28)25-20/h1-7,11,15-16,19H,8-10,12-14H2,(H,27,32)/t16-/m1/s1. The number of benzene rings is 1. The predicted octanol–water partition coefficient (Wildman–Crippen LogP) is 2.81. The fourth-order valence-electron chi connectivity index (χ4n) is 4.60. The third-order valence-electron chi connectivity index (χ3n) is 6.53. The Balaban J connectivity index is 1.22. The summed E-state index contributed by atoms with van der Waals surface area (Å²) in [6, 6.07) is 13.9. The van der Waals surface area contributed by atoms with Crippen LogP contribution in [0.3, 0.4) is 0 Å². The molecule has 1 aliphatic heterocycles. The molecule has 8 nitrogen and oxygen atoms in total. The van der Waals surface area contributed by atoms with E-state index in [0.29, 0.717) is 12.4 Å². The van der Waals surface area contributed by atoms with Gasteiger partial charge in [-0.05, 0) is 37.3 Å². The van der Waals surface area contributed by atoms with Gasteiger partial charge in [-0.1, -0.05) is 30.3 Å². The summed E-state index contributed by atoms with van der Waals surface area (Å²) in [4.78, 5) is 31.5. The Morgan fingerprint density at radius 2 is 1.88 bits per heavy atom. The van der Waals surface area contributed by atoms with Crippen molar-refractivity contribution in [3.63, 3.8) is 0 Å². The number of aromatic nitrogens is 5. The number of amides is 1. The zero-order chi connectivity index (χ0) is 21.7. The van der Waals surface area contributed by atoms with E-state index < -0.39 is 0 Å². The van der Waals surface area contributed by atoms with Gasteiger partial charge in [0.1, 0.15) is 5.65 Å². The van der Waals surface area contributed by atoms with Crippen molar-refractivity contribution in [2.45, 2.75) is 25.8 Å². The minimum atomic E-state index is -0.212. The van der Waals surface area contributed by atoms with E-state index in [1.807, 2.05) is 64.2 Å². The van der Waals surface area contributed by atoms with Crippen LogP contribution in [-0.4, -0.2) is 48.0 Å². The van der Waals surface area contributed by atoms with Gasteiger partial charge in [0.2, 0.25) is 5.91 Å². The molecule has 1 N–H and O–H groups in total. The number of H-pyrrole nitrogens is 1. The first-order chi connectivity index (χ1) is 15.7. The monoisotopic (exact) mass is 428 g/mol. The second kappa shape index (κ2) is 7.47. The Kier molecular flexibility index (Phi) is 4.45. The lowest BCUT2D eigenvalue weighted by Gasteiger charge is -2.16. The minimum Gasteiger partial charge on any atom is -0.342 e. The number of rotatable bonds is 5. The first kappa shape index (κ1) is 19.0. The van der Waals surface area contributed by atoms with Crippen molar-refractivity contribution in [2.24, 2.45) is 11.8 Å². The van der Waals surface area contributed by atoms with Gasteiger partial charge in [0.15, 0.2) is 5.82 Å². The highest BCUT2D eigenvalue weighted by molar-refractivity contribution is 5.81. The average molecular weight is 428 g/mol. The topological polar surface area (TPSA) is 88.3 Å². The quantitative estimate of drug-likeness (QED) is 0.529.